The first-order chi connectivity index (χ1) is 12.4. The minimum atomic E-state index is 0.208. The predicted molar refractivity (Wildman–Crippen MR) is 105 cm³/mol. The molecular formula is C23H22N2. The molecule has 0 bridgehead atoms. The van der Waals surface area contributed by atoms with Crippen LogP contribution in [0.5, 0.6) is 0 Å². The highest BCUT2D eigenvalue weighted by Crippen LogP contribution is 2.45. The van der Waals surface area contributed by atoms with Gasteiger partial charge in [-0.2, -0.15) is 0 Å². The van der Waals surface area contributed by atoms with Gasteiger partial charge in [0.25, 0.3) is 0 Å². The van der Waals surface area contributed by atoms with Gasteiger partial charge in [0.1, 0.15) is 6.17 Å². The van der Waals surface area contributed by atoms with Gasteiger partial charge >= 0.3 is 0 Å². The summed E-state index contributed by atoms with van der Waals surface area (Å²) < 4.78 is 0. The zero-order chi connectivity index (χ0) is 16.6. The van der Waals surface area contributed by atoms with Gasteiger partial charge in [0.15, 0.2) is 0 Å². The van der Waals surface area contributed by atoms with Crippen LogP contribution in [-0.4, -0.2) is 6.17 Å². The molecule has 0 saturated heterocycles. The smallest absolute Gasteiger partial charge is 0.126 e. The van der Waals surface area contributed by atoms with E-state index in [1.54, 1.807) is 0 Å². The highest BCUT2D eigenvalue weighted by atomic mass is 15.3. The number of hydrogen-bond acceptors (Lipinski definition) is 2. The number of nitrogens with zero attached hydrogens (tertiary/aromatic N) is 1. The topological polar surface area (TPSA) is 15.3 Å². The van der Waals surface area contributed by atoms with E-state index in [2.05, 4.69) is 95.2 Å². The second-order valence-electron chi connectivity index (χ2n) is 6.99. The predicted octanol–water partition coefficient (Wildman–Crippen LogP) is 5.33. The average molecular weight is 326 g/mol. The third kappa shape index (κ3) is 2.41. The monoisotopic (exact) mass is 326 g/mol. The van der Waals surface area contributed by atoms with Crippen molar-refractivity contribution in [3.05, 3.63) is 96.3 Å². The zero-order valence-electron chi connectivity index (χ0n) is 14.2. The lowest BCUT2D eigenvalue weighted by atomic mass is 9.81. The highest BCUT2D eigenvalue weighted by molar-refractivity contribution is 5.80. The Labute approximate surface area is 149 Å². The molecule has 3 atom stereocenters. The van der Waals surface area contributed by atoms with Crippen LogP contribution < -0.4 is 10.2 Å². The fourth-order valence-corrected chi connectivity index (χ4v) is 4.29. The summed E-state index contributed by atoms with van der Waals surface area (Å²) in [5.74, 6) is 0.865. The zero-order valence-corrected chi connectivity index (χ0v) is 14.2. The molecule has 0 radical (unpaired) electrons. The Morgan fingerprint density at radius 2 is 1.80 bits per heavy atom. The fraction of sp³-hybridized carbons (Fsp3) is 0.217. The molecule has 3 aliphatic carbocycles. The minimum Gasteiger partial charge on any atom is -0.360 e. The van der Waals surface area contributed by atoms with Crippen LogP contribution in [0.3, 0.4) is 0 Å². The van der Waals surface area contributed by atoms with Crippen molar-refractivity contribution in [1.29, 1.82) is 0 Å². The van der Waals surface area contributed by atoms with E-state index in [0.717, 1.165) is 12.8 Å². The van der Waals surface area contributed by atoms with Crippen molar-refractivity contribution < 1.29 is 0 Å². The number of anilines is 2. The van der Waals surface area contributed by atoms with Gasteiger partial charge in [0, 0.05) is 17.5 Å². The van der Waals surface area contributed by atoms with Crippen LogP contribution >= 0.6 is 0 Å². The summed E-state index contributed by atoms with van der Waals surface area (Å²) in [5, 5.41) is 3.76. The molecule has 1 aromatic rings. The summed E-state index contributed by atoms with van der Waals surface area (Å²) in [6.07, 6.45) is 25.0. The van der Waals surface area contributed by atoms with Crippen molar-refractivity contribution in [3.63, 3.8) is 0 Å². The van der Waals surface area contributed by atoms with Crippen LogP contribution in [0, 0.1) is 11.8 Å². The Bertz CT molecular complexity index is 866. The number of nitrogens with one attached hydrogen (secondary N) is 1. The van der Waals surface area contributed by atoms with Crippen LogP contribution in [0.1, 0.15) is 12.8 Å². The van der Waals surface area contributed by atoms with Crippen LogP contribution in [0.4, 0.5) is 11.4 Å². The van der Waals surface area contributed by atoms with Crippen molar-refractivity contribution in [2.75, 3.05) is 10.2 Å². The van der Waals surface area contributed by atoms with Crippen molar-refractivity contribution in [1.82, 2.24) is 0 Å². The quantitative estimate of drug-likeness (QED) is 0.790. The molecule has 1 N–H and O–H groups in total. The Kier molecular flexibility index (Phi) is 3.48. The van der Waals surface area contributed by atoms with Crippen molar-refractivity contribution >= 4 is 11.4 Å². The third-order valence-corrected chi connectivity index (χ3v) is 5.51. The van der Waals surface area contributed by atoms with Gasteiger partial charge < -0.3 is 10.2 Å². The largest absolute Gasteiger partial charge is 0.360 e. The summed E-state index contributed by atoms with van der Waals surface area (Å²) in [5.41, 5.74) is 5.35. The first-order valence-corrected chi connectivity index (χ1v) is 9.15. The van der Waals surface area contributed by atoms with E-state index in [4.69, 9.17) is 0 Å². The number of rotatable bonds is 2. The molecule has 5 rings (SSSR count). The normalized spacial score (nSPS) is 29.0. The average Bonchev–Trinajstić information content (AvgIpc) is 3.08. The van der Waals surface area contributed by atoms with Crippen molar-refractivity contribution in [3.8, 4) is 0 Å². The summed E-state index contributed by atoms with van der Waals surface area (Å²) in [6, 6.07) is 8.67. The van der Waals surface area contributed by atoms with Crippen LogP contribution in [0.2, 0.25) is 0 Å². The second kappa shape index (κ2) is 5.96. The molecule has 2 nitrogen and oxygen atoms in total. The van der Waals surface area contributed by atoms with Gasteiger partial charge in [0.05, 0.1) is 11.4 Å². The van der Waals surface area contributed by atoms with Gasteiger partial charge in [-0.25, -0.2) is 0 Å². The SMILES string of the molecule is C1=CCCC(C2Nc3ccccc3N2C2=CC=CC3C=CC=CC23)=C1. The van der Waals surface area contributed by atoms with Crippen LogP contribution in [0.15, 0.2) is 96.3 Å². The molecule has 25 heavy (non-hydrogen) atoms. The molecule has 0 amide bonds. The lowest BCUT2D eigenvalue weighted by Gasteiger charge is -2.38. The molecule has 124 valence electrons. The molecule has 0 fully saturated rings. The molecule has 0 spiro atoms. The van der Waals surface area contributed by atoms with Crippen molar-refractivity contribution in [2.45, 2.75) is 19.0 Å². The standard InChI is InChI=1S/C23H22N2/c1-2-10-18(11-3-1)23-24-20-14-6-7-15-22(20)25(23)21-16-8-12-17-9-4-5-13-19(17)21/h1-2,4-10,12-17,19,23-24H,3,11H2. The fourth-order valence-electron chi connectivity index (χ4n) is 4.29. The van der Waals surface area contributed by atoms with Gasteiger partial charge in [-0.3, -0.25) is 0 Å². The maximum absolute atomic E-state index is 3.76. The van der Waals surface area contributed by atoms with Gasteiger partial charge in [0.2, 0.25) is 0 Å². The molecule has 3 unspecified atom stereocenters. The number of benzene rings is 1. The van der Waals surface area contributed by atoms with E-state index in [-0.39, 0.29) is 6.17 Å². The Hall–Kier alpha value is -2.74. The van der Waals surface area contributed by atoms with E-state index in [9.17, 15) is 0 Å². The molecule has 0 aromatic heterocycles. The van der Waals surface area contributed by atoms with Gasteiger partial charge in [-0.1, -0.05) is 66.8 Å². The molecule has 2 heteroatoms. The molecule has 1 aromatic carbocycles. The van der Waals surface area contributed by atoms with Gasteiger partial charge in [-0.15, -0.1) is 0 Å². The molecule has 4 aliphatic rings. The summed E-state index contributed by atoms with van der Waals surface area (Å²) in [4.78, 5) is 2.52. The Morgan fingerprint density at radius 1 is 0.920 bits per heavy atom. The lowest BCUT2D eigenvalue weighted by molar-refractivity contribution is 0.585. The van der Waals surface area contributed by atoms with Crippen LogP contribution in [0.25, 0.3) is 0 Å². The number of para-hydroxylation sites is 2. The molecular weight excluding hydrogens is 304 g/mol. The maximum atomic E-state index is 3.76. The van der Waals surface area contributed by atoms with E-state index in [1.807, 2.05) is 0 Å². The highest BCUT2D eigenvalue weighted by Gasteiger charge is 2.37. The van der Waals surface area contributed by atoms with E-state index < -0.39 is 0 Å². The van der Waals surface area contributed by atoms with Crippen LogP contribution in [-0.2, 0) is 0 Å². The Balaban J connectivity index is 1.60. The minimum absolute atomic E-state index is 0.208. The first kappa shape index (κ1) is 14.6. The second-order valence-corrected chi connectivity index (χ2v) is 6.99. The van der Waals surface area contributed by atoms with E-state index in [1.165, 1.54) is 22.6 Å². The summed E-state index contributed by atoms with van der Waals surface area (Å²) in [6.45, 7) is 0. The lowest BCUT2D eigenvalue weighted by Crippen LogP contribution is -2.40. The molecule has 0 saturated carbocycles. The Morgan fingerprint density at radius 3 is 2.72 bits per heavy atom. The summed E-state index contributed by atoms with van der Waals surface area (Å²) in [7, 11) is 0. The van der Waals surface area contributed by atoms with Gasteiger partial charge in [-0.05, 0) is 36.6 Å². The first-order valence-electron chi connectivity index (χ1n) is 9.15. The van der Waals surface area contributed by atoms with Crippen molar-refractivity contribution in [2.24, 2.45) is 11.8 Å². The molecule has 1 heterocycles. The van der Waals surface area contributed by atoms with E-state index >= 15 is 0 Å². The van der Waals surface area contributed by atoms with E-state index in [0.29, 0.717) is 11.8 Å². The number of fused-ring (bicyclic) bond motifs is 2. The number of allylic oxidation sites excluding steroid dienone is 10. The number of hydrogen-bond donors (Lipinski definition) is 1. The molecule has 1 aliphatic heterocycles. The summed E-state index contributed by atoms with van der Waals surface area (Å²) >= 11 is 0. The maximum Gasteiger partial charge on any atom is 0.126 e. The third-order valence-electron chi connectivity index (χ3n) is 5.51.